The number of nitrogens with two attached hydrogens (primary N) is 1. The summed E-state index contributed by atoms with van der Waals surface area (Å²) in [6, 6.07) is 0. The Morgan fingerprint density at radius 1 is 1.10 bits per heavy atom. The van der Waals surface area contributed by atoms with Gasteiger partial charge in [-0.25, -0.2) is 0 Å². The van der Waals surface area contributed by atoms with Gasteiger partial charge in [-0.3, -0.25) is 9.59 Å². The molecular weight excluding hydrogens is 268 g/mol. The van der Waals surface area contributed by atoms with Gasteiger partial charge < -0.3 is 15.4 Å². The summed E-state index contributed by atoms with van der Waals surface area (Å²) in [6.45, 7) is 5.64. The van der Waals surface area contributed by atoms with Crippen molar-refractivity contribution in [1.82, 2.24) is 4.90 Å². The number of nitrogens with zero attached hydrogens (tertiary/aromatic N) is 1. The van der Waals surface area contributed by atoms with Crippen molar-refractivity contribution >= 4 is 11.9 Å². The van der Waals surface area contributed by atoms with E-state index in [2.05, 4.69) is 13.8 Å². The summed E-state index contributed by atoms with van der Waals surface area (Å²) in [6.07, 6.45) is 6.47. The van der Waals surface area contributed by atoms with E-state index in [9.17, 15) is 9.59 Å². The van der Waals surface area contributed by atoms with Crippen molar-refractivity contribution in [3.63, 3.8) is 0 Å². The van der Waals surface area contributed by atoms with Gasteiger partial charge in [0.2, 0.25) is 5.91 Å². The van der Waals surface area contributed by atoms with Crippen LogP contribution in [0.4, 0.5) is 0 Å². The fourth-order valence-electron chi connectivity index (χ4n) is 2.27. The lowest BCUT2D eigenvalue weighted by atomic mass is 10.0. The van der Waals surface area contributed by atoms with E-state index >= 15 is 0 Å². The highest BCUT2D eigenvalue weighted by atomic mass is 16.5. The quantitative estimate of drug-likeness (QED) is 0.443. The number of methoxy groups -OCH3 is 1. The third kappa shape index (κ3) is 9.45. The van der Waals surface area contributed by atoms with Crippen molar-refractivity contribution in [1.29, 1.82) is 0 Å². The molecule has 0 aliphatic rings. The van der Waals surface area contributed by atoms with Gasteiger partial charge in [0.15, 0.2) is 0 Å². The zero-order chi connectivity index (χ0) is 16.1. The molecule has 5 heteroatoms. The number of carbonyl (C=O) groups excluding carboxylic acids is 2. The number of ether oxygens (including phenoxy) is 1. The molecule has 0 spiro atoms. The number of unbranched alkanes of at least 4 members (excludes halogenated alkanes) is 3. The summed E-state index contributed by atoms with van der Waals surface area (Å²) in [5, 5.41) is 0. The summed E-state index contributed by atoms with van der Waals surface area (Å²) in [7, 11) is 1.36. The van der Waals surface area contributed by atoms with Crippen molar-refractivity contribution in [2.75, 3.05) is 26.7 Å². The zero-order valence-corrected chi connectivity index (χ0v) is 13.9. The highest BCUT2D eigenvalue weighted by Crippen LogP contribution is 2.12. The minimum Gasteiger partial charge on any atom is -0.468 e. The van der Waals surface area contributed by atoms with Crippen LogP contribution in [-0.4, -0.2) is 43.5 Å². The van der Waals surface area contributed by atoms with E-state index in [1.165, 1.54) is 7.11 Å². The fraction of sp³-hybridized carbons (Fsp3) is 0.875. The molecule has 0 fully saturated rings. The summed E-state index contributed by atoms with van der Waals surface area (Å²) in [5.74, 6) is 0.147. The molecule has 0 heterocycles. The second-order valence-electron chi connectivity index (χ2n) is 5.49. The molecule has 0 aliphatic carbocycles. The highest BCUT2D eigenvalue weighted by molar-refractivity contribution is 5.82. The van der Waals surface area contributed by atoms with Crippen molar-refractivity contribution in [3.8, 4) is 0 Å². The summed E-state index contributed by atoms with van der Waals surface area (Å²) in [5.41, 5.74) is 5.45. The maximum atomic E-state index is 12.3. The number of hydrogen-bond donors (Lipinski definition) is 1. The van der Waals surface area contributed by atoms with Crippen LogP contribution in [0.15, 0.2) is 0 Å². The average Bonchev–Trinajstić information content (AvgIpc) is 2.50. The SMILES string of the molecule is CCC(CC)CN(CC(=O)OC)C(=O)CCCCCCN. The number of esters is 1. The number of amides is 1. The Hall–Kier alpha value is -1.10. The van der Waals surface area contributed by atoms with Crippen LogP contribution in [0.1, 0.15) is 58.8 Å². The molecule has 0 saturated heterocycles. The third-order valence-electron chi connectivity index (χ3n) is 3.88. The molecule has 0 rings (SSSR count). The van der Waals surface area contributed by atoms with Gasteiger partial charge in [-0.05, 0) is 25.3 Å². The van der Waals surface area contributed by atoms with Crippen LogP contribution in [0.2, 0.25) is 0 Å². The predicted octanol–water partition coefficient (Wildman–Crippen LogP) is 2.33. The molecule has 0 bridgehead atoms. The second kappa shape index (κ2) is 12.6. The van der Waals surface area contributed by atoms with E-state index in [-0.39, 0.29) is 18.4 Å². The van der Waals surface area contributed by atoms with Gasteiger partial charge >= 0.3 is 5.97 Å². The minimum atomic E-state index is -0.350. The van der Waals surface area contributed by atoms with Gasteiger partial charge in [-0.15, -0.1) is 0 Å². The van der Waals surface area contributed by atoms with Gasteiger partial charge in [0, 0.05) is 13.0 Å². The number of rotatable bonds is 12. The van der Waals surface area contributed by atoms with Crippen LogP contribution in [0.25, 0.3) is 0 Å². The van der Waals surface area contributed by atoms with E-state index in [1.54, 1.807) is 4.90 Å². The standard InChI is InChI=1S/C16H32N2O3/c1-4-14(5-2)12-18(13-16(20)21-3)15(19)10-8-6-7-9-11-17/h14H,4-13,17H2,1-3H3. The molecule has 0 aliphatic heterocycles. The molecular formula is C16H32N2O3. The van der Waals surface area contributed by atoms with Crippen LogP contribution in [0.5, 0.6) is 0 Å². The molecule has 0 aromatic heterocycles. The maximum absolute atomic E-state index is 12.3. The third-order valence-corrected chi connectivity index (χ3v) is 3.88. The Bertz CT molecular complexity index is 291. The lowest BCUT2D eigenvalue weighted by molar-refractivity contribution is -0.147. The highest BCUT2D eigenvalue weighted by Gasteiger charge is 2.20. The normalized spacial score (nSPS) is 10.7. The molecule has 0 radical (unpaired) electrons. The molecule has 0 aromatic rings. The molecule has 2 N–H and O–H groups in total. The number of hydrogen-bond acceptors (Lipinski definition) is 4. The molecule has 0 aromatic carbocycles. The zero-order valence-electron chi connectivity index (χ0n) is 13.9. The smallest absolute Gasteiger partial charge is 0.325 e. The molecule has 5 nitrogen and oxygen atoms in total. The molecule has 0 atom stereocenters. The lowest BCUT2D eigenvalue weighted by Crippen LogP contribution is -2.39. The second-order valence-corrected chi connectivity index (χ2v) is 5.49. The predicted molar refractivity (Wildman–Crippen MR) is 84.8 cm³/mol. The monoisotopic (exact) mass is 300 g/mol. The van der Waals surface area contributed by atoms with Crippen LogP contribution in [-0.2, 0) is 14.3 Å². The largest absolute Gasteiger partial charge is 0.468 e. The van der Waals surface area contributed by atoms with Crippen molar-refractivity contribution < 1.29 is 14.3 Å². The van der Waals surface area contributed by atoms with Gasteiger partial charge in [0.05, 0.1) is 7.11 Å². The van der Waals surface area contributed by atoms with Gasteiger partial charge in [-0.2, -0.15) is 0 Å². The molecule has 124 valence electrons. The fourth-order valence-corrected chi connectivity index (χ4v) is 2.27. The van der Waals surface area contributed by atoms with E-state index < -0.39 is 0 Å². The lowest BCUT2D eigenvalue weighted by Gasteiger charge is -2.25. The summed E-state index contributed by atoms with van der Waals surface area (Å²) >= 11 is 0. The van der Waals surface area contributed by atoms with Crippen LogP contribution < -0.4 is 5.73 Å². The van der Waals surface area contributed by atoms with E-state index in [0.717, 1.165) is 38.5 Å². The first-order valence-corrected chi connectivity index (χ1v) is 8.13. The molecule has 1 amide bonds. The Morgan fingerprint density at radius 2 is 1.71 bits per heavy atom. The van der Waals surface area contributed by atoms with Gasteiger partial charge in [0.1, 0.15) is 6.54 Å². The van der Waals surface area contributed by atoms with Crippen LogP contribution in [0, 0.1) is 5.92 Å². The number of carbonyl (C=O) groups is 2. The summed E-state index contributed by atoms with van der Waals surface area (Å²) < 4.78 is 4.69. The average molecular weight is 300 g/mol. The molecule has 0 unspecified atom stereocenters. The van der Waals surface area contributed by atoms with E-state index in [4.69, 9.17) is 10.5 Å². The Balaban J connectivity index is 4.34. The molecule has 21 heavy (non-hydrogen) atoms. The summed E-state index contributed by atoms with van der Waals surface area (Å²) in [4.78, 5) is 25.4. The van der Waals surface area contributed by atoms with E-state index in [0.29, 0.717) is 25.4 Å². The van der Waals surface area contributed by atoms with Crippen molar-refractivity contribution in [2.45, 2.75) is 58.8 Å². The first kappa shape index (κ1) is 19.9. The van der Waals surface area contributed by atoms with Crippen molar-refractivity contribution in [2.24, 2.45) is 11.7 Å². The minimum absolute atomic E-state index is 0.0556. The topological polar surface area (TPSA) is 72.6 Å². The Labute approximate surface area is 129 Å². The first-order valence-electron chi connectivity index (χ1n) is 8.13. The first-order chi connectivity index (χ1) is 10.1. The van der Waals surface area contributed by atoms with Crippen LogP contribution >= 0.6 is 0 Å². The maximum Gasteiger partial charge on any atom is 0.325 e. The van der Waals surface area contributed by atoms with Gasteiger partial charge in [0.25, 0.3) is 0 Å². The van der Waals surface area contributed by atoms with Crippen LogP contribution in [0.3, 0.4) is 0 Å². The van der Waals surface area contributed by atoms with Crippen molar-refractivity contribution in [3.05, 3.63) is 0 Å². The Morgan fingerprint density at radius 3 is 2.24 bits per heavy atom. The molecule has 0 saturated carbocycles. The van der Waals surface area contributed by atoms with E-state index in [1.807, 2.05) is 0 Å². The van der Waals surface area contributed by atoms with Gasteiger partial charge in [-0.1, -0.05) is 39.5 Å². The Kier molecular flexibility index (Phi) is 12.0.